The summed E-state index contributed by atoms with van der Waals surface area (Å²) in [5.41, 5.74) is 3.05. The topological polar surface area (TPSA) is 83.8 Å². The summed E-state index contributed by atoms with van der Waals surface area (Å²) in [4.78, 5) is 18.0. The highest BCUT2D eigenvalue weighted by atomic mass is 127. The summed E-state index contributed by atoms with van der Waals surface area (Å²) in [5, 5.41) is 11.3. The Kier molecular flexibility index (Phi) is 11.7. The zero-order valence-electron chi connectivity index (χ0n) is 20.3. The van der Waals surface area contributed by atoms with Gasteiger partial charge in [-0.2, -0.15) is 5.10 Å². The Labute approximate surface area is 199 Å². The predicted molar refractivity (Wildman–Crippen MR) is 134 cm³/mol. The molecule has 2 unspecified atom stereocenters. The maximum Gasteiger partial charge on any atom is 0.410 e. The van der Waals surface area contributed by atoms with Gasteiger partial charge >= 0.3 is 6.09 Å². The third kappa shape index (κ3) is 9.53. The molecule has 0 aromatic carbocycles. The Morgan fingerprint density at radius 3 is 2.37 bits per heavy atom. The van der Waals surface area contributed by atoms with Gasteiger partial charge in [-0.15, -0.1) is 24.0 Å². The minimum atomic E-state index is -0.486. The van der Waals surface area contributed by atoms with E-state index in [0.717, 1.165) is 18.1 Å². The molecule has 0 fully saturated rings. The fourth-order valence-corrected chi connectivity index (χ4v) is 3.12. The van der Waals surface area contributed by atoms with Crippen LogP contribution >= 0.6 is 24.0 Å². The van der Waals surface area contributed by atoms with Crippen LogP contribution < -0.4 is 10.6 Å². The third-order valence-corrected chi connectivity index (χ3v) is 4.68. The third-order valence-electron chi connectivity index (χ3n) is 4.68. The van der Waals surface area contributed by atoms with Crippen molar-refractivity contribution >= 4 is 36.0 Å². The molecular formula is C21H41IN6O2. The van der Waals surface area contributed by atoms with Crippen molar-refractivity contribution in [3.8, 4) is 0 Å². The highest BCUT2D eigenvalue weighted by Gasteiger charge is 2.21. The molecule has 2 N–H and O–H groups in total. The van der Waals surface area contributed by atoms with Crippen LogP contribution in [0.15, 0.2) is 4.99 Å². The first-order chi connectivity index (χ1) is 13.3. The Bertz CT molecular complexity index is 711. The van der Waals surface area contributed by atoms with Gasteiger partial charge in [0.15, 0.2) is 5.96 Å². The fourth-order valence-electron chi connectivity index (χ4n) is 3.12. The van der Waals surface area contributed by atoms with Gasteiger partial charge in [0.1, 0.15) is 5.60 Å². The van der Waals surface area contributed by atoms with Crippen molar-refractivity contribution in [2.24, 2.45) is 18.0 Å². The molecule has 1 heterocycles. The van der Waals surface area contributed by atoms with Crippen molar-refractivity contribution in [1.29, 1.82) is 0 Å². The smallest absolute Gasteiger partial charge is 0.410 e. The Balaban J connectivity index is 0.00000841. The van der Waals surface area contributed by atoms with E-state index in [-0.39, 0.29) is 42.0 Å². The molecule has 0 bridgehead atoms. The number of nitrogens with one attached hydrogen (secondary N) is 2. The number of nitrogens with zero attached hydrogens (tertiary/aromatic N) is 4. The number of guanidine groups is 1. The molecule has 2 atom stereocenters. The van der Waals surface area contributed by atoms with Gasteiger partial charge in [0.25, 0.3) is 0 Å². The molecule has 30 heavy (non-hydrogen) atoms. The van der Waals surface area contributed by atoms with Crippen molar-refractivity contribution in [2.45, 2.75) is 66.5 Å². The molecule has 1 amide bonds. The number of carbonyl (C=O) groups excluding carboxylic acids is 1. The molecule has 0 aliphatic carbocycles. The van der Waals surface area contributed by atoms with E-state index in [1.807, 2.05) is 39.4 Å². The highest BCUT2D eigenvalue weighted by molar-refractivity contribution is 14.0. The second kappa shape index (κ2) is 12.4. The summed E-state index contributed by atoms with van der Waals surface area (Å²) in [5.74, 6) is 0.993. The number of aryl methyl sites for hydroxylation is 2. The van der Waals surface area contributed by atoms with Gasteiger partial charge in [-0.3, -0.25) is 9.67 Å². The molecular weight excluding hydrogens is 495 g/mol. The van der Waals surface area contributed by atoms with Crippen molar-refractivity contribution < 1.29 is 9.53 Å². The molecule has 0 aliphatic heterocycles. The van der Waals surface area contributed by atoms with Crippen molar-refractivity contribution in [3.63, 3.8) is 0 Å². The molecule has 9 heteroatoms. The molecule has 0 saturated heterocycles. The van der Waals surface area contributed by atoms with Crippen LogP contribution in [0.5, 0.6) is 0 Å². The van der Waals surface area contributed by atoms with Crippen LogP contribution in [-0.2, 0) is 18.2 Å². The second-order valence-electron chi connectivity index (χ2n) is 8.94. The second-order valence-corrected chi connectivity index (χ2v) is 8.94. The molecule has 174 valence electrons. The Hall–Kier alpha value is -1.52. The van der Waals surface area contributed by atoms with Crippen LogP contribution in [0, 0.1) is 19.8 Å². The largest absolute Gasteiger partial charge is 0.444 e. The molecule has 8 nitrogen and oxygen atoms in total. The van der Waals surface area contributed by atoms with Gasteiger partial charge in [0.05, 0.1) is 5.69 Å². The lowest BCUT2D eigenvalue weighted by atomic mass is 10.1. The van der Waals surface area contributed by atoms with Crippen molar-refractivity contribution in [3.05, 3.63) is 17.0 Å². The number of aromatic nitrogens is 2. The maximum absolute atomic E-state index is 12.1. The number of halogens is 1. The van der Waals surface area contributed by atoms with Crippen LogP contribution in [0.4, 0.5) is 4.79 Å². The first kappa shape index (κ1) is 28.5. The summed E-state index contributed by atoms with van der Waals surface area (Å²) < 4.78 is 7.32. The molecule has 0 spiro atoms. The Morgan fingerprint density at radius 1 is 1.30 bits per heavy atom. The van der Waals surface area contributed by atoms with Crippen molar-refractivity contribution in [2.75, 3.05) is 27.2 Å². The van der Waals surface area contributed by atoms with Gasteiger partial charge in [0, 0.05) is 46.0 Å². The van der Waals surface area contributed by atoms with Gasteiger partial charge in [-0.25, -0.2) is 4.79 Å². The minimum Gasteiger partial charge on any atom is -0.444 e. The lowest BCUT2D eigenvalue weighted by Gasteiger charge is -2.27. The summed E-state index contributed by atoms with van der Waals surface area (Å²) in [7, 11) is 5.50. The van der Waals surface area contributed by atoms with E-state index in [4.69, 9.17) is 4.74 Å². The monoisotopic (exact) mass is 536 g/mol. The number of rotatable bonds is 7. The zero-order chi connectivity index (χ0) is 22.4. The quantitative estimate of drug-likeness (QED) is 0.318. The maximum atomic E-state index is 12.1. The first-order valence-electron chi connectivity index (χ1n) is 10.2. The summed E-state index contributed by atoms with van der Waals surface area (Å²) in [6.45, 7) is 15.3. The van der Waals surface area contributed by atoms with Gasteiger partial charge in [-0.1, -0.05) is 6.92 Å². The summed E-state index contributed by atoms with van der Waals surface area (Å²) >= 11 is 0. The average molecular weight is 537 g/mol. The highest BCUT2D eigenvalue weighted by Crippen LogP contribution is 2.14. The van der Waals surface area contributed by atoms with Gasteiger partial charge in [0.2, 0.25) is 0 Å². The molecule has 1 aromatic heterocycles. The minimum absolute atomic E-state index is 0. The average Bonchev–Trinajstić information content (AvgIpc) is 2.83. The van der Waals surface area contributed by atoms with E-state index in [9.17, 15) is 4.79 Å². The summed E-state index contributed by atoms with van der Waals surface area (Å²) in [6.07, 6.45) is 0.575. The van der Waals surface area contributed by atoms with E-state index >= 15 is 0 Å². The molecule has 0 aliphatic rings. The number of ether oxygens (including phenoxy) is 1. The van der Waals surface area contributed by atoms with E-state index in [1.165, 1.54) is 11.3 Å². The van der Waals surface area contributed by atoms with Gasteiger partial charge < -0.3 is 20.3 Å². The lowest BCUT2D eigenvalue weighted by Crippen LogP contribution is -2.46. The van der Waals surface area contributed by atoms with Crippen LogP contribution in [0.3, 0.4) is 0 Å². The number of hydrogen-bond acceptors (Lipinski definition) is 4. The number of amides is 1. The number of hydrogen-bond donors (Lipinski definition) is 2. The van der Waals surface area contributed by atoms with E-state index < -0.39 is 5.60 Å². The number of aliphatic imine (C=N–C) groups is 1. The molecule has 0 radical (unpaired) electrons. The van der Waals surface area contributed by atoms with Crippen molar-refractivity contribution in [1.82, 2.24) is 25.3 Å². The number of carbonyl (C=O) groups is 1. The first-order valence-corrected chi connectivity index (χ1v) is 10.2. The standard InChI is InChI=1S/C21H40N6O2.HI/c1-14(13-26(9)20(28)29-21(5,6)7)12-23-19(22-8)24-15(2)11-18-16(3)25-27(10)17(18)4;/h14-15H,11-13H2,1-10H3,(H2,22,23,24);1H. The molecule has 1 aromatic rings. The van der Waals surface area contributed by atoms with Crippen LogP contribution in [0.1, 0.15) is 51.6 Å². The van der Waals surface area contributed by atoms with E-state index in [1.54, 1.807) is 19.0 Å². The predicted octanol–water partition coefficient (Wildman–Crippen LogP) is 3.25. The summed E-state index contributed by atoms with van der Waals surface area (Å²) in [6, 6.07) is 0.211. The molecule has 1 rings (SSSR count). The normalized spacial score (nSPS) is 13.9. The van der Waals surface area contributed by atoms with Gasteiger partial charge in [-0.05, 0) is 59.4 Å². The van der Waals surface area contributed by atoms with Crippen LogP contribution in [-0.4, -0.2) is 65.6 Å². The lowest BCUT2D eigenvalue weighted by molar-refractivity contribution is 0.0278. The SMILES string of the molecule is CN=C(NCC(C)CN(C)C(=O)OC(C)(C)C)NC(C)Cc1c(C)nn(C)c1C.I. The fraction of sp³-hybridized carbons (Fsp3) is 0.762. The van der Waals surface area contributed by atoms with Crippen LogP contribution in [0.25, 0.3) is 0 Å². The Morgan fingerprint density at radius 2 is 1.90 bits per heavy atom. The van der Waals surface area contributed by atoms with E-state index in [0.29, 0.717) is 13.1 Å². The van der Waals surface area contributed by atoms with E-state index in [2.05, 4.69) is 41.5 Å². The molecule has 0 saturated carbocycles. The van der Waals surface area contributed by atoms with Crippen LogP contribution in [0.2, 0.25) is 0 Å². The zero-order valence-corrected chi connectivity index (χ0v) is 22.6.